The number of pyridine rings is 2. The normalized spacial score (nSPS) is 18.2. The molecule has 190 valence electrons. The zero-order valence-electron chi connectivity index (χ0n) is 20.3. The Balaban J connectivity index is 1.30. The second-order valence-electron chi connectivity index (χ2n) is 9.24. The fraction of sp³-hybridized carbons (Fsp3) is 0.179. The van der Waals surface area contributed by atoms with Crippen LogP contribution >= 0.6 is 11.3 Å². The number of benzene rings is 1. The Bertz CT molecular complexity index is 1580. The van der Waals surface area contributed by atoms with Gasteiger partial charge in [0.2, 0.25) is 5.91 Å². The molecule has 1 aromatic carbocycles. The zero-order valence-corrected chi connectivity index (χ0v) is 21.1. The van der Waals surface area contributed by atoms with Crippen molar-refractivity contribution < 1.29 is 14.4 Å². The molecule has 1 aliphatic heterocycles. The van der Waals surface area contributed by atoms with Gasteiger partial charge in [0.15, 0.2) is 0 Å². The van der Waals surface area contributed by atoms with Crippen molar-refractivity contribution in [1.29, 1.82) is 0 Å². The molecule has 0 saturated heterocycles. The lowest BCUT2D eigenvalue weighted by atomic mass is 10.1. The number of hydrogen-bond donors (Lipinski definition) is 3. The summed E-state index contributed by atoms with van der Waals surface area (Å²) in [6.45, 7) is 3.48. The summed E-state index contributed by atoms with van der Waals surface area (Å²) in [4.78, 5) is 50.0. The second-order valence-corrected chi connectivity index (χ2v) is 10.2. The molecule has 4 aromatic rings. The largest absolute Gasteiger partial charge is 0.350 e. The predicted molar refractivity (Wildman–Crippen MR) is 148 cm³/mol. The number of carbonyl (C=O) groups is 3. The van der Waals surface area contributed by atoms with Crippen molar-refractivity contribution in [1.82, 2.24) is 20.6 Å². The van der Waals surface area contributed by atoms with Crippen molar-refractivity contribution in [3.8, 4) is 11.3 Å². The Hall–Kier alpha value is -4.57. The van der Waals surface area contributed by atoms with E-state index in [0.29, 0.717) is 33.2 Å². The van der Waals surface area contributed by atoms with Crippen LogP contribution in [0.2, 0.25) is 0 Å². The number of thiophene rings is 1. The third-order valence-electron chi connectivity index (χ3n) is 6.82. The Morgan fingerprint density at radius 3 is 2.61 bits per heavy atom. The maximum absolute atomic E-state index is 13.4. The Labute approximate surface area is 222 Å². The molecule has 0 spiro atoms. The lowest BCUT2D eigenvalue weighted by molar-refractivity contribution is -0.117. The first kappa shape index (κ1) is 23.8. The molecule has 1 unspecified atom stereocenters. The lowest BCUT2D eigenvalue weighted by Gasteiger charge is -2.28. The fourth-order valence-corrected chi connectivity index (χ4v) is 6.10. The number of carbonyl (C=O) groups excluding carboxylic acids is 3. The average molecular weight is 525 g/mol. The van der Waals surface area contributed by atoms with E-state index in [-0.39, 0.29) is 29.9 Å². The smallest absolute Gasteiger partial charge is 0.331 e. The van der Waals surface area contributed by atoms with Crippen LogP contribution in [0.25, 0.3) is 21.5 Å². The van der Waals surface area contributed by atoms with E-state index in [4.69, 9.17) is 0 Å². The van der Waals surface area contributed by atoms with Gasteiger partial charge in [0, 0.05) is 30.0 Å². The van der Waals surface area contributed by atoms with Crippen molar-refractivity contribution in [3.63, 3.8) is 0 Å². The number of aromatic nitrogens is 2. The Morgan fingerprint density at radius 1 is 1.05 bits per heavy atom. The number of rotatable bonds is 6. The number of anilines is 3. The quantitative estimate of drug-likeness (QED) is 0.307. The van der Waals surface area contributed by atoms with E-state index < -0.39 is 0 Å². The summed E-state index contributed by atoms with van der Waals surface area (Å²) in [7, 11) is 0. The van der Waals surface area contributed by atoms with Gasteiger partial charge in [-0.15, -0.1) is 11.3 Å². The van der Waals surface area contributed by atoms with Crippen LogP contribution in [-0.4, -0.2) is 39.9 Å². The van der Waals surface area contributed by atoms with Gasteiger partial charge in [0.25, 0.3) is 5.91 Å². The molecular formula is C28H24N6O3S. The van der Waals surface area contributed by atoms with Crippen LogP contribution in [0.15, 0.2) is 73.6 Å². The van der Waals surface area contributed by atoms with Crippen LogP contribution in [0.4, 0.5) is 21.9 Å². The summed E-state index contributed by atoms with van der Waals surface area (Å²) in [5, 5.41) is 9.62. The number of urea groups is 1. The predicted octanol–water partition coefficient (Wildman–Crippen LogP) is 5.00. The van der Waals surface area contributed by atoms with E-state index in [9.17, 15) is 14.4 Å². The van der Waals surface area contributed by atoms with Crippen molar-refractivity contribution in [2.45, 2.75) is 31.3 Å². The zero-order chi connectivity index (χ0) is 26.2. The van der Waals surface area contributed by atoms with E-state index in [1.54, 1.807) is 29.4 Å². The van der Waals surface area contributed by atoms with Crippen LogP contribution in [0, 0.1) is 0 Å². The first-order chi connectivity index (χ1) is 18.5. The van der Waals surface area contributed by atoms with Crippen LogP contribution in [0.3, 0.4) is 0 Å². The van der Waals surface area contributed by atoms with Gasteiger partial charge in [-0.25, -0.2) is 9.78 Å². The highest BCUT2D eigenvalue weighted by molar-refractivity contribution is 7.21. The molecule has 1 saturated carbocycles. The van der Waals surface area contributed by atoms with Crippen molar-refractivity contribution in [2.75, 3.05) is 10.2 Å². The monoisotopic (exact) mass is 524 g/mol. The molecular weight excluding hydrogens is 500 g/mol. The molecule has 4 amide bonds. The summed E-state index contributed by atoms with van der Waals surface area (Å²) in [5.74, 6) is -0.481. The molecule has 1 fully saturated rings. The first-order valence-corrected chi connectivity index (χ1v) is 13.1. The minimum atomic E-state index is -0.365. The summed E-state index contributed by atoms with van der Waals surface area (Å²) in [6.07, 6.45) is 6.74. The molecule has 0 bridgehead atoms. The van der Waals surface area contributed by atoms with Gasteiger partial charge in [-0.1, -0.05) is 36.9 Å². The minimum Gasteiger partial charge on any atom is -0.350 e. The van der Waals surface area contributed by atoms with E-state index in [1.807, 2.05) is 36.4 Å². The summed E-state index contributed by atoms with van der Waals surface area (Å²) in [6, 6.07) is 14.7. The highest BCUT2D eigenvalue weighted by Crippen LogP contribution is 2.46. The van der Waals surface area contributed by atoms with E-state index in [1.165, 1.54) is 17.4 Å². The maximum Gasteiger partial charge on any atom is 0.331 e. The van der Waals surface area contributed by atoms with Gasteiger partial charge in [-0.05, 0) is 43.5 Å². The van der Waals surface area contributed by atoms with Crippen LogP contribution in [-0.2, 0) is 4.79 Å². The minimum absolute atomic E-state index is 0.00534. The van der Waals surface area contributed by atoms with E-state index in [2.05, 4.69) is 32.5 Å². The molecule has 9 nitrogen and oxygen atoms in total. The lowest BCUT2D eigenvalue weighted by Crippen LogP contribution is -2.37. The van der Waals surface area contributed by atoms with Gasteiger partial charge >= 0.3 is 6.03 Å². The summed E-state index contributed by atoms with van der Waals surface area (Å²) >= 11 is 1.25. The summed E-state index contributed by atoms with van der Waals surface area (Å²) in [5.41, 5.74) is 3.47. The van der Waals surface area contributed by atoms with Crippen molar-refractivity contribution >= 4 is 56.5 Å². The standard InChI is InChI=1S/C28H24N6O3S/c1-2-22(35)31-17-8-9-18(14-17)32-26(36)25-24-23-21(11-13-30-27(23)38-25)34(28(37)33-24)19-10-12-29-20(15-19)16-6-4-3-5-7-16/h2-7,10-13,15,17-18H,1,8-9,14H2,(H,31,35)(H,32,36)(H,33,37)/t17?,18-/m0/s1. The van der Waals surface area contributed by atoms with Crippen molar-refractivity contribution in [2.24, 2.45) is 0 Å². The van der Waals surface area contributed by atoms with Gasteiger partial charge in [0.1, 0.15) is 9.71 Å². The highest BCUT2D eigenvalue weighted by atomic mass is 32.1. The first-order valence-electron chi connectivity index (χ1n) is 12.3. The Kier molecular flexibility index (Phi) is 6.09. The van der Waals surface area contributed by atoms with Crippen LogP contribution in [0.5, 0.6) is 0 Å². The average Bonchev–Trinajstić information content (AvgIpc) is 3.54. The number of nitrogens with one attached hydrogen (secondary N) is 3. The van der Waals surface area contributed by atoms with E-state index in [0.717, 1.165) is 29.5 Å². The molecule has 3 N–H and O–H groups in total. The molecule has 38 heavy (non-hydrogen) atoms. The molecule has 2 atom stereocenters. The van der Waals surface area contributed by atoms with E-state index >= 15 is 0 Å². The molecule has 3 aromatic heterocycles. The number of amides is 4. The molecule has 2 aliphatic rings. The molecule has 1 aliphatic carbocycles. The van der Waals surface area contributed by atoms with Gasteiger partial charge in [-0.2, -0.15) is 0 Å². The van der Waals surface area contributed by atoms with Gasteiger partial charge in [-0.3, -0.25) is 19.5 Å². The summed E-state index contributed by atoms with van der Waals surface area (Å²) < 4.78 is 0. The second kappa shape index (κ2) is 9.71. The SMILES string of the molecule is C=CC(=O)NC1CC[C@H](NC(=O)c2sc3nccc4c3c2NC(=O)N4c2ccnc(-c3ccccc3)c2)C1. The van der Waals surface area contributed by atoms with Crippen LogP contribution in [0.1, 0.15) is 28.9 Å². The van der Waals surface area contributed by atoms with Gasteiger partial charge in [0.05, 0.1) is 28.1 Å². The fourth-order valence-electron chi connectivity index (χ4n) is 5.08. The molecule has 6 rings (SSSR count). The number of hydrogen-bond acceptors (Lipinski definition) is 6. The molecule has 4 heterocycles. The Morgan fingerprint density at radius 2 is 1.82 bits per heavy atom. The molecule has 10 heteroatoms. The van der Waals surface area contributed by atoms with Crippen LogP contribution < -0.4 is 20.9 Å². The highest BCUT2D eigenvalue weighted by Gasteiger charge is 2.34. The van der Waals surface area contributed by atoms with Gasteiger partial charge < -0.3 is 16.0 Å². The molecule has 0 radical (unpaired) electrons. The third-order valence-corrected chi connectivity index (χ3v) is 7.92. The topological polar surface area (TPSA) is 116 Å². The maximum atomic E-state index is 13.4. The van der Waals surface area contributed by atoms with Crippen molar-refractivity contribution in [3.05, 3.63) is 78.5 Å². The third kappa shape index (κ3) is 4.28. The number of nitrogens with zero attached hydrogens (tertiary/aromatic N) is 3.